The first-order chi connectivity index (χ1) is 13.5. The molecule has 0 spiro atoms. The molecule has 1 aliphatic heterocycles. The van der Waals surface area contributed by atoms with Gasteiger partial charge in [-0.05, 0) is 34.9 Å². The predicted molar refractivity (Wildman–Crippen MR) is 110 cm³/mol. The quantitative estimate of drug-likeness (QED) is 0.525. The van der Waals surface area contributed by atoms with Crippen LogP contribution in [0, 0.1) is 0 Å². The van der Waals surface area contributed by atoms with E-state index in [0.717, 1.165) is 5.56 Å². The van der Waals surface area contributed by atoms with Crippen LogP contribution in [-0.4, -0.2) is 42.0 Å². The van der Waals surface area contributed by atoms with Crippen LogP contribution >= 0.6 is 11.3 Å². The number of carbonyl (C=O) groups is 2. The highest BCUT2D eigenvalue weighted by molar-refractivity contribution is 7.12. The third-order valence-corrected chi connectivity index (χ3v) is 5.83. The minimum absolute atomic E-state index is 0.155. The predicted octanol–water partition coefficient (Wildman–Crippen LogP) is 4.49. The molecule has 1 aliphatic rings. The van der Waals surface area contributed by atoms with Crippen LogP contribution in [0.2, 0.25) is 0 Å². The molecule has 3 rings (SSSR count). The van der Waals surface area contributed by atoms with Crippen molar-refractivity contribution in [1.82, 2.24) is 4.90 Å². The maximum atomic E-state index is 13.1. The first-order valence-corrected chi connectivity index (χ1v) is 10.2. The molecule has 28 heavy (non-hydrogen) atoms. The zero-order valence-electron chi connectivity index (χ0n) is 16.3. The average Bonchev–Trinajstić information content (AvgIpc) is 3.31. The van der Waals surface area contributed by atoms with Gasteiger partial charge in [-0.1, -0.05) is 44.2 Å². The second-order valence-electron chi connectivity index (χ2n) is 7.14. The molecule has 0 saturated heterocycles. The number of ether oxygens (including phenoxy) is 1. The summed E-state index contributed by atoms with van der Waals surface area (Å²) >= 11 is 1.30. The number of amides is 1. The minimum Gasteiger partial charge on any atom is -0.503 e. The van der Waals surface area contributed by atoms with Crippen molar-refractivity contribution in [3.8, 4) is 0 Å². The molecule has 6 heteroatoms. The molecule has 5 nitrogen and oxygen atoms in total. The Kier molecular flexibility index (Phi) is 6.31. The lowest BCUT2D eigenvalue weighted by atomic mass is 9.93. The maximum absolute atomic E-state index is 13.1. The van der Waals surface area contributed by atoms with Crippen LogP contribution in [0.5, 0.6) is 0 Å². The van der Waals surface area contributed by atoms with E-state index in [1.165, 1.54) is 16.9 Å². The second-order valence-corrected chi connectivity index (χ2v) is 8.09. The highest BCUT2D eigenvalue weighted by Crippen LogP contribution is 2.39. The Labute approximate surface area is 169 Å². The second kappa shape index (κ2) is 8.71. The van der Waals surface area contributed by atoms with Gasteiger partial charge in [0.2, 0.25) is 5.78 Å². The molecular weight excluding hydrogens is 374 g/mol. The maximum Gasteiger partial charge on any atom is 0.290 e. The van der Waals surface area contributed by atoms with Crippen LogP contribution in [0.3, 0.4) is 0 Å². The van der Waals surface area contributed by atoms with Gasteiger partial charge in [0, 0.05) is 20.3 Å². The number of hydrogen-bond acceptors (Lipinski definition) is 5. The summed E-state index contributed by atoms with van der Waals surface area (Å²) < 4.78 is 5.10. The number of rotatable bonds is 8. The van der Waals surface area contributed by atoms with Crippen LogP contribution < -0.4 is 0 Å². The highest BCUT2D eigenvalue weighted by Gasteiger charge is 2.43. The van der Waals surface area contributed by atoms with Gasteiger partial charge in [-0.25, -0.2) is 0 Å². The number of aliphatic hydroxyl groups is 1. The van der Waals surface area contributed by atoms with Gasteiger partial charge in [-0.15, -0.1) is 11.3 Å². The van der Waals surface area contributed by atoms with Crippen molar-refractivity contribution in [3.63, 3.8) is 0 Å². The lowest BCUT2D eigenvalue weighted by Crippen LogP contribution is -2.32. The number of thiophene rings is 1. The smallest absolute Gasteiger partial charge is 0.290 e. The summed E-state index contributed by atoms with van der Waals surface area (Å²) in [5, 5.41) is 12.4. The molecule has 0 bridgehead atoms. The van der Waals surface area contributed by atoms with Crippen molar-refractivity contribution in [1.29, 1.82) is 0 Å². The summed E-state index contributed by atoms with van der Waals surface area (Å²) in [5.41, 5.74) is 2.15. The van der Waals surface area contributed by atoms with E-state index in [4.69, 9.17) is 4.74 Å². The highest BCUT2D eigenvalue weighted by atomic mass is 32.1. The zero-order valence-corrected chi connectivity index (χ0v) is 17.2. The Balaban J connectivity index is 2.01. The molecule has 0 fully saturated rings. The summed E-state index contributed by atoms with van der Waals surface area (Å²) in [6, 6.07) is 10.8. The molecule has 2 heterocycles. The summed E-state index contributed by atoms with van der Waals surface area (Å²) in [6.45, 7) is 5.12. The monoisotopic (exact) mass is 399 g/mol. The molecule has 2 aromatic rings. The van der Waals surface area contributed by atoms with Gasteiger partial charge in [0.15, 0.2) is 5.76 Å². The fourth-order valence-corrected chi connectivity index (χ4v) is 4.12. The molecule has 1 aromatic carbocycles. The minimum atomic E-state index is -0.597. The molecule has 0 radical (unpaired) electrons. The van der Waals surface area contributed by atoms with Crippen LogP contribution in [-0.2, 0) is 9.53 Å². The number of nitrogens with zero attached hydrogens (tertiary/aromatic N) is 1. The van der Waals surface area contributed by atoms with Gasteiger partial charge in [-0.3, -0.25) is 9.59 Å². The Bertz CT molecular complexity index is 868. The molecular formula is C22H25NO4S. The Morgan fingerprint density at radius 3 is 2.54 bits per heavy atom. The van der Waals surface area contributed by atoms with Gasteiger partial charge in [0.05, 0.1) is 16.5 Å². The van der Waals surface area contributed by atoms with Crippen molar-refractivity contribution < 1.29 is 19.4 Å². The van der Waals surface area contributed by atoms with E-state index >= 15 is 0 Å². The first-order valence-electron chi connectivity index (χ1n) is 9.36. The molecule has 1 atom stereocenters. The molecule has 0 aliphatic carbocycles. The number of methoxy groups -OCH3 is 1. The summed E-state index contributed by atoms with van der Waals surface area (Å²) in [7, 11) is 1.61. The van der Waals surface area contributed by atoms with Crippen molar-refractivity contribution >= 4 is 23.0 Å². The van der Waals surface area contributed by atoms with E-state index in [1.807, 2.05) is 29.6 Å². The van der Waals surface area contributed by atoms with E-state index in [2.05, 4.69) is 13.8 Å². The van der Waals surface area contributed by atoms with Crippen LogP contribution in [0.15, 0.2) is 53.1 Å². The molecule has 1 N–H and O–H groups in total. The van der Waals surface area contributed by atoms with Crippen LogP contribution in [0.1, 0.15) is 53.0 Å². The number of hydrogen-bond donors (Lipinski definition) is 1. The standard InChI is InChI=1S/C22H25NO4S/c1-14(2)15-7-9-16(10-8-15)19-18(20(24)17-6-4-13-28-17)21(25)22(26)23(19)11-5-12-27-3/h4,6-10,13-14,19,25H,5,11-12H2,1-3H3. The average molecular weight is 400 g/mol. The number of ketones is 1. The van der Waals surface area contributed by atoms with Crippen molar-refractivity contribution in [2.45, 2.75) is 32.2 Å². The van der Waals surface area contributed by atoms with Crippen molar-refractivity contribution in [2.75, 3.05) is 20.3 Å². The SMILES string of the molecule is COCCCN1C(=O)C(O)=C(C(=O)c2cccs2)C1c1ccc(C(C)C)cc1. The van der Waals surface area contributed by atoms with E-state index in [-0.39, 0.29) is 11.4 Å². The fourth-order valence-electron chi connectivity index (χ4n) is 3.45. The number of benzene rings is 1. The molecule has 1 unspecified atom stereocenters. The van der Waals surface area contributed by atoms with E-state index in [0.29, 0.717) is 30.4 Å². The van der Waals surface area contributed by atoms with Gasteiger partial charge in [-0.2, -0.15) is 0 Å². The third-order valence-electron chi connectivity index (χ3n) is 4.96. The fraction of sp³-hybridized carbons (Fsp3) is 0.364. The van der Waals surface area contributed by atoms with Gasteiger partial charge in [0.1, 0.15) is 0 Å². The zero-order chi connectivity index (χ0) is 20.3. The van der Waals surface area contributed by atoms with E-state index in [9.17, 15) is 14.7 Å². The first kappa shape index (κ1) is 20.3. The van der Waals surface area contributed by atoms with Gasteiger partial charge < -0.3 is 14.7 Å². The number of aliphatic hydroxyl groups excluding tert-OH is 1. The Hall–Kier alpha value is -2.44. The molecule has 0 saturated carbocycles. The molecule has 148 valence electrons. The van der Waals surface area contributed by atoms with Crippen molar-refractivity contribution in [3.05, 3.63) is 69.1 Å². The van der Waals surface area contributed by atoms with E-state index in [1.54, 1.807) is 24.1 Å². The number of Topliss-reactive ketones (excluding diaryl/α,β-unsaturated/α-hetero) is 1. The topological polar surface area (TPSA) is 66.8 Å². The van der Waals surface area contributed by atoms with Crippen molar-refractivity contribution in [2.24, 2.45) is 0 Å². The summed E-state index contributed by atoms with van der Waals surface area (Å²) in [4.78, 5) is 27.9. The molecule has 1 amide bonds. The normalized spacial score (nSPS) is 17.1. The number of carbonyl (C=O) groups excluding carboxylic acids is 2. The van der Waals surface area contributed by atoms with Crippen LogP contribution in [0.25, 0.3) is 0 Å². The van der Waals surface area contributed by atoms with Gasteiger partial charge in [0.25, 0.3) is 5.91 Å². The largest absolute Gasteiger partial charge is 0.503 e. The Morgan fingerprint density at radius 2 is 1.96 bits per heavy atom. The van der Waals surface area contributed by atoms with Crippen LogP contribution in [0.4, 0.5) is 0 Å². The Morgan fingerprint density at radius 1 is 1.25 bits per heavy atom. The molecule has 1 aromatic heterocycles. The lowest BCUT2D eigenvalue weighted by molar-refractivity contribution is -0.129. The third kappa shape index (κ3) is 3.88. The van der Waals surface area contributed by atoms with E-state index < -0.39 is 17.7 Å². The van der Waals surface area contributed by atoms with Gasteiger partial charge >= 0.3 is 0 Å². The summed E-state index contributed by atoms with van der Waals surface area (Å²) in [5.74, 6) is -0.871. The summed E-state index contributed by atoms with van der Waals surface area (Å²) in [6.07, 6.45) is 0.622. The lowest BCUT2D eigenvalue weighted by Gasteiger charge is -2.27.